The Hall–Kier alpha value is -4.14. The van der Waals surface area contributed by atoms with Crippen LogP contribution in [-0.4, -0.2) is 92.6 Å². The number of ketones is 3. The predicted molar refractivity (Wildman–Crippen MR) is 215 cm³/mol. The van der Waals surface area contributed by atoms with Crippen LogP contribution in [0.2, 0.25) is 0 Å². The summed E-state index contributed by atoms with van der Waals surface area (Å²) in [6.45, 7) is 2.78. The second-order valence-electron chi connectivity index (χ2n) is 16.0. The highest BCUT2D eigenvalue weighted by atomic mass is 16.7. The Labute approximate surface area is 340 Å². The predicted octanol–water partition coefficient (Wildman–Crippen LogP) is 6.20. The number of phenols is 2. The molecule has 3 aliphatic rings. The van der Waals surface area contributed by atoms with Gasteiger partial charge in [-0.05, 0) is 45.1 Å². The maximum Gasteiger partial charge on any atom is 0.220 e. The van der Waals surface area contributed by atoms with E-state index in [1.54, 1.807) is 6.92 Å². The fourth-order valence-corrected chi connectivity index (χ4v) is 8.49. The van der Waals surface area contributed by atoms with E-state index in [4.69, 9.17) is 14.2 Å². The number of methoxy groups -OCH3 is 1. The maximum atomic E-state index is 13.9. The van der Waals surface area contributed by atoms with E-state index in [0.717, 1.165) is 38.5 Å². The van der Waals surface area contributed by atoms with Crippen LogP contribution in [0.3, 0.4) is 0 Å². The van der Waals surface area contributed by atoms with Crippen LogP contribution in [0.5, 0.6) is 17.2 Å². The number of aromatic hydroxyl groups is 2. The van der Waals surface area contributed by atoms with Gasteiger partial charge in [0.2, 0.25) is 11.7 Å². The molecule has 1 fully saturated rings. The Morgan fingerprint density at radius 2 is 1.55 bits per heavy atom. The zero-order valence-corrected chi connectivity index (χ0v) is 34.1. The molecule has 0 aromatic heterocycles. The van der Waals surface area contributed by atoms with Gasteiger partial charge in [-0.25, -0.2) is 0 Å². The van der Waals surface area contributed by atoms with Gasteiger partial charge in [-0.15, -0.1) is 0 Å². The van der Waals surface area contributed by atoms with Crippen LogP contribution in [-0.2, 0) is 25.5 Å². The summed E-state index contributed by atoms with van der Waals surface area (Å²) in [4.78, 5) is 53.7. The van der Waals surface area contributed by atoms with Gasteiger partial charge in [-0.2, -0.15) is 0 Å². The Kier molecular flexibility index (Phi) is 16.0. The molecule has 1 aliphatic heterocycles. The highest BCUT2D eigenvalue weighted by Crippen LogP contribution is 2.52. The van der Waals surface area contributed by atoms with Crippen molar-refractivity contribution in [3.8, 4) is 17.2 Å². The number of aliphatic hydroxyl groups excluding tert-OH is 2. The van der Waals surface area contributed by atoms with Crippen LogP contribution in [0.25, 0.3) is 0 Å². The first-order valence-corrected chi connectivity index (χ1v) is 21.0. The molecule has 58 heavy (non-hydrogen) atoms. The van der Waals surface area contributed by atoms with Crippen molar-refractivity contribution in [2.75, 3.05) is 13.7 Å². The van der Waals surface area contributed by atoms with E-state index in [1.807, 2.05) is 0 Å². The Bertz CT molecular complexity index is 1820. The molecule has 318 valence electrons. The van der Waals surface area contributed by atoms with Crippen LogP contribution in [0.1, 0.15) is 166 Å². The number of carbonyl (C=O) groups excluding carboxylic acids is 4. The number of Topliss-reactive ketones (excluding diaryl/α,β-unsaturated/α-hetero) is 1. The van der Waals surface area contributed by atoms with Crippen molar-refractivity contribution < 1.29 is 58.9 Å². The summed E-state index contributed by atoms with van der Waals surface area (Å²) in [6, 6.07) is 3.58. The number of fused-ring (bicyclic) bond motifs is 3. The van der Waals surface area contributed by atoms with Gasteiger partial charge in [-0.1, -0.05) is 82.6 Å². The molecule has 6 N–H and O–H groups in total. The minimum absolute atomic E-state index is 0.0541. The Morgan fingerprint density at radius 1 is 0.914 bits per heavy atom. The number of benzene rings is 2. The summed E-state index contributed by atoms with van der Waals surface area (Å²) in [5, 5.41) is 58.6. The fourth-order valence-electron chi connectivity index (χ4n) is 8.49. The number of allylic oxidation sites excluding steroid dienone is 2. The van der Waals surface area contributed by atoms with Gasteiger partial charge >= 0.3 is 0 Å². The number of ether oxygens (including phenoxy) is 3. The lowest BCUT2D eigenvalue weighted by Gasteiger charge is -2.43. The SMILES string of the molecule is CCCCCCCC/C=C/CCCCCCCC(=O)N[C@H]1C[C@H](OC2C[C@](O)(C(=O)CO)Cc3c(O)c4c(c(O)c32)C(=O)c2c(OC)cccc2C4=O)O[C@@H](C)[C@H]1O. The molecule has 1 unspecified atom stereocenters. The van der Waals surface area contributed by atoms with E-state index >= 15 is 0 Å². The maximum absolute atomic E-state index is 13.9. The Balaban J connectivity index is 1.22. The fraction of sp³-hybridized carbons (Fsp3) is 0.600. The summed E-state index contributed by atoms with van der Waals surface area (Å²) in [6.07, 6.45) is 14.0. The summed E-state index contributed by atoms with van der Waals surface area (Å²) in [5.41, 5.74) is -3.80. The largest absolute Gasteiger partial charge is 0.507 e. The topological polar surface area (TPSA) is 209 Å². The van der Waals surface area contributed by atoms with Crippen molar-refractivity contribution in [2.24, 2.45) is 0 Å². The number of hydrogen-bond donors (Lipinski definition) is 6. The van der Waals surface area contributed by atoms with Crippen molar-refractivity contribution >= 4 is 23.3 Å². The minimum Gasteiger partial charge on any atom is -0.507 e. The van der Waals surface area contributed by atoms with Crippen LogP contribution >= 0.6 is 0 Å². The summed E-state index contributed by atoms with van der Waals surface area (Å²) in [7, 11) is 1.33. The van der Waals surface area contributed by atoms with Crippen molar-refractivity contribution in [1.29, 1.82) is 0 Å². The molecule has 13 nitrogen and oxygen atoms in total. The van der Waals surface area contributed by atoms with Crippen LogP contribution in [0.4, 0.5) is 0 Å². The lowest BCUT2D eigenvalue weighted by atomic mass is 9.72. The third kappa shape index (κ3) is 10.2. The van der Waals surface area contributed by atoms with Gasteiger partial charge < -0.3 is 45.1 Å². The molecule has 1 saturated heterocycles. The van der Waals surface area contributed by atoms with E-state index in [9.17, 15) is 44.7 Å². The van der Waals surface area contributed by atoms with E-state index in [0.29, 0.717) is 6.42 Å². The molecule has 0 saturated carbocycles. The molecule has 2 aromatic rings. The van der Waals surface area contributed by atoms with Crippen molar-refractivity contribution in [3.63, 3.8) is 0 Å². The number of hydrogen-bond acceptors (Lipinski definition) is 12. The molecule has 13 heteroatoms. The number of rotatable bonds is 21. The van der Waals surface area contributed by atoms with Crippen molar-refractivity contribution in [1.82, 2.24) is 5.32 Å². The molecule has 6 atom stereocenters. The molecule has 2 aromatic carbocycles. The Morgan fingerprint density at radius 3 is 2.21 bits per heavy atom. The second kappa shape index (κ2) is 20.7. The second-order valence-corrected chi connectivity index (χ2v) is 16.0. The molecule has 2 aliphatic carbocycles. The van der Waals surface area contributed by atoms with E-state index in [2.05, 4.69) is 24.4 Å². The van der Waals surface area contributed by atoms with E-state index in [-0.39, 0.29) is 46.8 Å². The molecular weight excluding hydrogens is 746 g/mol. The number of amides is 1. The van der Waals surface area contributed by atoms with E-state index in [1.165, 1.54) is 63.8 Å². The molecule has 1 heterocycles. The zero-order valence-electron chi connectivity index (χ0n) is 34.1. The molecule has 0 spiro atoms. The van der Waals surface area contributed by atoms with Crippen LogP contribution in [0, 0.1) is 0 Å². The first kappa shape index (κ1) is 45.0. The normalized spacial score (nSPS) is 24.0. The monoisotopic (exact) mass is 807 g/mol. The first-order chi connectivity index (χ1) is 27.9. The number of carbonyl (C=O) groups is 4. The molecule has 0 radical (unpaired) electrons. The van der Waals surface area contributed by atoms with Gasteiger partial charge in [0.25, 0.3) is 0 Å². The van der Waals surface area contributed by atoms with Gasteiger partial charge in [-0.3, -0.25) is 19.2 Å². The van der Waals surface area contributed by atoms with Crippen molar-refractivity contribution in [2.45, 2.75) is 159 Å². The quantitative estimate of drug-likeness (QED) is 0.0404. The third-order valence-electron chi connectivity index (χ3n) is 11.8. The number of aliphatic hydroxyl groups is 3. The van der Waals surface area contributed by atoms with Crippen LogP contribution in [0.15, 0.2) is 30.4 Å². The van der Waals surface area contributed by atoms with Gasteiger partial charge in [0, 0.05) is 42.4 Å². The third-order valence-corrected chi connectivity index (χ3v) is 11.8. The standard InChI is InChI=1S/C45H61NO12/c1-4-5-6-7-8-9-10-11-12-13-14-15-16-17-18-22-34(49)46-30-23-35(57-27(2)40(30)50)58-32-25-45(55,33(48)26-47)24-29-37(32)44(54)39-38(42(29)52)41(51)28-20-19-21-31(56-3)36(28)43(39)53/h11-12,19-21,27,30,32,35,40,47,50,52,54-55H,4-10,13-18,22-26H2,1-3H3,(H,46,49)/b12-11+/t27-,30-,32?,35-,40+,45-/m0/s1. The average molecular weight is 808 g/mol. The molecule has 0 bridgehead atoms. The number of phenolic OH excluding ortho intramolecular Hbond substituents is 2. The minimum atomic E-state index is -2.30. The molecule has 1 amide bonds. The number of unbranched alkanes of at least 4 members (excludes halogenated alkanes) is 11. The first-order valence-electron chi connectivity index (χ1n) is 21.0. The molecule has 5 rings (SSSR count). The van der Waals surface area contributed by atoms with Gasteiger partial charge in [0.15, 0.2) is 17.9 Å². The lowest BCUT2D eigenvalue weighted by molar-refractivity contribution is -0.249. The van der Waals surface area contributed by atoms with Crippen LogP contribution < -0.4 is 10.1 Å². The zero-order chi connectivity index (χ0) is 42.0. The van der Waals surface area contributed by atoms with Crippen molar-refractivity contribution in [3.05, 3.63) is 63.7 Å². The van der Waals surface area contributed by atoms with Gasteiger partial charge in [0.1, 0.15) is 35.6 Å². The average Bonchev–Trinajstić information content (AvgIpc) is 3.20. The lowest BCUT2D eigenvalue weighted by Crippen LogP contribution is -2.55. The molecular formula is C45H61NO12. The number of nitrogens with one attached hydrogen (secondary N) is 1. The smallest absolute Gasteiger partial charge is 0.220 e. The summed E-state index contributed by atoms with van der Waals surface area (Å²) < 4.78 is 17.6. The van der Waals surface area contributed by atoms with Gasteiger partial charge in [0.05, 0.1) is 42.0 Å². The van der Waals surface area contributed by atoms with E-state index < -0.39 is 95.7 Å². The highest BCUT2D eigenvalue weighted by Gasteiger charge is 2.50. The highest BCUT2D eigenvalue weighted by molar-refractivity contribution is 6.31. The summed E-state index contributed by atoms with van der Waals surface area (Å²) in [5.74, 6) is -4.12. The summed E-state index contributed by atoms with van der Waals surface area (Å²) >= 11 is 0.